The van der Waals surface area contributed by atoms with Gasteiger partial charge in [0.15, 0.2) is 0 Å². The fourth-order valence-electron chi connectivity index (χ4n) is 2.29. The third-order valence-corrected chi connectivity index (χ3v) is 3.17. The molecule has 4 nitrogen and oxygen atoms in total. The molecular formula is C16H20N2O2. The summed E-state index contributed by atoms with van der Waals surface area (Å²) in [6, 6.07) is 11.4. The highest BCUT2D eigenvalue weighted by Gasteiger charge is 2.21. The van der Waals surface area contributed by atoms with Crippen molar-refractivity contribution in [1.29, 1.82) is 0 Å². The van der Waals surface area contributed by atoms with E-state index in [1.165, 1.54) is 0 Å². The van der Waals surface area contributed by atoms with Crippen molar-refractivity contribution in [3.8, 4) is 5.75 Å². The maximum Gasteiger partial charge on any atom is 0.123 e. The van der Waals surface area contributed by atoms with E-state index < -0.39 is 5.60 Å². The Labute approximate surface area is 119 Å². The van der Waals surface area contributed by atoms with Crippen LogP contribution in [0.5, 0.6) is 5.75 Å². The molecule has 0 spiro atoms. The number of pyridine rings is 1. The molecule has 3 N–H and O–H groups in total. The average Bonchev–Trinajstić information content (AvgIpc) is 2.38. The Hall–Kier alpha value is -2.07. The molecule has 0 fully saturated rings. The molecule has 0 aliphatic rings. The summed E-state index contributed by atoms with van der Waals surface area (Å²) in [6.45, 7) is 1.83. The summed E-state index contributed by atoms with van der Waals surface area (Å²) < 4.78 is 5.12. The summed E-state index contributed by atoms with van der Waals surface area (Å²) in [7, 11) is 1.64. The molecule has 0 radical (unpaired) electrons. The van der Waals surface area contributed by atoms with Crippen LogP contribution in [-0.4, -0.2) is 22.8 Å². The van der Waals surface area contributed by atoms with Gasteiger partial charge in [0.25, 0.3) is 0 Å². The Morgan fingerprint density at radius 3 is 2.40 bits per heavy atom. The molecule has 0 aliphatic carbocycles. The zero-order chi connectivity index (χ0) is 14.6. The molecule has 0 bridgehead atoms. The van der Waals surface area contributed by atoms with Crippen molar-refractivity contribution in [3.63, 3.8) is 0 Å². The third kappa shape index (κ3) is 3.96. The molecule has 1 aromatic heterocycles. The van der Waals surface area contributed by atoms with Gasteiger partial charge < -0.3 is 15.6 Å². The molecule has 1 atom stereocenters. The summed E-state index contributed by atoms with van der Waals surface area (Å²) in [5.41, 5.74) is 6.87. The van der Waals surface area contributed by atoms with Gasteiger partial charge in [-0.05, 0) is 42.3 Å². The quantitative estimate of drug-likeness (QED) is 0.875. The fourth-order valence-corrected chi connectivity index (χ4v) is 2.29. The molecule has 0 amide bonds. The predicted molar refractivity (Wildman–Crippen MR) is 79.7 cm³/mol. The molecule has 1 heterocycles. The van der Waals surface area contributed by atoms with E-state index in [-0.39, 0.29) is 0 Å². The number of anilines is 1. The van der Waals surface area contributed by atoms with Crippen molar-refractivity contribution < 1.29 is 9.84 Å². The first-order valence-corrected chi connectivity index (χ1v) is 6.54. The van der Waals surface area contributed by atoms with Gasteiger partial charge in [-0.2, -0.15) is 0 Å². The van der Waals surface area contributed by atoms with Crippen LogP contribution in [0.1, 0.15) is 18.1 Å². The Morgan fingerprint density at radius 1 is 1.15 bits per heavy atom. The van der Waals surface area contributed by atoms with Crippen molar-refractivity contribution >= 4 is 5.82 Å². The van der Waals surface area contributed by atoms with Crippen molar-refractivity contribution in [2.24, 2.45) is 0 Å². The molecular weight excluding hydrogens is 252 g/mol. The SMILES string of the molecule is COc1ccc(CC(C)(O)Cc2ccnc(N)c2)cc1. The number of hydrogen-bond acceptors (Lipinski definition) is 4. The number of aliphatic hydroxyl groups is 1. The second-order valence-electron chi connectivity index (χ2n) is 5.29. The zero-order valence-corrected chi connectivity index (χ0v) is 11.8. The number of nitrogens with two attached hydrogens (primary N) is 1. The lowest BCUT2D eigenvalue weighted by atomic mass is 9.90. The average molecular weight is 272 g/mol. The monoisotopic (exact) mass is 272 g/mol. The van der Waals surface area contributed by atoms with E-state index in [4.69, 9.17) is 10.5 Å². The maximum absolute atomic E-state index is 10.5. The summed E-state index contributed by atoms with van der Waals surface area (Å²) in [5.74, 6) is 1.29. The van der Waals surface area contributed by atoms with Gasteiger partial charge in [0.2, 0.25) is 0 Å². The van der Waals surface area contributed by atoms with E-state index in [0.717, 1.165) is 16.9 Å². The number of methoxy groups -OCH3 is 1. The first-order valence-electron chi connectivity index (χ1n) is 6.54. The van der Waals surface area contributed by atoms with Crippen LogP contribution in [0.4, 0.5) is 5.82 Å². The van der Waals surface area contributed by atoms with E-state index >= 15 is 0 Å². The Morgan fingerprint density at radius 2 is 1.80 bits per heavy atom. The fraction of sp³-hybridized carbons (Fsp3) is 0.312. The Kier molecular flexibility index (Phi) is 4.25. The zero-order valence-electron chi connectivity index (χ0n) is 11.8. The first kappa shape index (κ1) is 14.3. The number of aromatic nitrogens is 1. The summed E-state index contributed by atoms with van der Waals surface area (Å²) in [4.78, 5) is 3.96. The second kappa shape index (κ2) is 5.92. The van der Waals surface area contributed by atoms with Gasteiger partial charge in [0.05, 0.1) is 12.7 Å². The normalized spacial score (nSPS) is 13.8. The van der Waals surface area contributed by atoms with Gasteiger partial charge in [0.1, 0.15) is 11.6 Å². The van der Waals surface area contributed by atoms with Crippen LogP contribution in [0, 0.1) is 0 Å². The minimum absolute atomic E-state index is 0.475. The number of nitrogen functional groups attached to an aromatic ring is 1. The molecule has 4 heteroatoms. The molecule has 106 valence electrons. The molecule has 0 saturated carbocycles. The smallest absolute Gasteiger partial charge is 0.123 e. The van der Waals surface area contributed by atoms with Gasteiger partial charge in [-0.25, -0.2) is 4.98 Å². The third-order valence-electron chi connectivity index (χ3n) is 3.17. The standard InChI is InChI=1S/C16H20N2O2/c1-16(19,11-13-7-8-18-15(17)9-13)10-12-3-5-14(20-2)6-4-12/h3-9,19H,10-11H2,1-2H3,(H2,17,18). The number of benzene rings is 1. The van der Waals surface area contributed by atoms with Gasteiger partial charge in [0, 0.05) is 19.0 Å². The van der Waals surface area contributed by atoms with Gasteiger partial charge in [-0.1, -0.05) is 12.1 Å². The van der Waals surface area contributed by atoms with Crippen molar-refractivity contribution in [1.82, 2.24) is 4.98 Å². The summed E-state index contributed by atoms with van der Waals surface area (Å²) >= 11 is 0. The molecule has 0 saturated heterocycles. The van der Waals surface area contributed by atoms with Crippen molar-refractivity contribution in [3.05, 3.63) is 53.7 Å². The number of rotatable bonds is 5. The van der Waals surface area contributed by atoms with E-state index in [0.29, 0.717) is 18.7 Å². The largest absolute Gasteiger partial charge is 0.497 e. The number of ether oxygens (including phenoxy) is 1. The van der Waals surface area contributed by atoms with Crippen molar-refractivity contribution in [2.75, 3.05) is 12.8 Å². The lowest BCUT2D eigenvalue weighted by Gasteiger charge is -2.23. The van der Waals surface area contributed by atoms with Crippen LogP contribution in [0.3, 0.4) is 0 Å². The predicted octanol–water partition coefficient (Wildman–Crippen LogP) is 2.21. The van der Waals surface area contributed by atoms with Crippen LogP contribution in [-0.2, 0) is 12.8 Å². The maximum atomic E-state index is 10.5. The molecule has 1 aromatic carbocycles. The topological polar surface area (TPSA) is 68.4 Å². The highest BCUT2D eigenvalue weighted by Crippen LogP contribution is 2.21. The highest BCUT2D eigenvalue weighted by molar-refractivity contribution is 5.33. The van der Waals surface area contributed by atoms with Crippen LogP contribution in [0.15, 0.2) is 42.6 Å². The van der Waals surface area contributed by atoms with E-state index in [9.17, 15) is 5.11 Å². The minimum atomic E-state index is -0.831. The van der Waals surface area contributed by atoms with Crippen LogP contribution in [0.2, 0.25) is 0 Å². The van der Waals surface area contributed by atoms with Gasteiger partial charge >= 0.3 is 0 Å². The molecule has 1 unspecified atom stereocenters. The Bertz CT molecular complexity index is 565. The van der Waals surface area contributed by atoms with E-state index in [2.05, 4.69) is 4.98 Å². The van der Waals surface area contributed by atoms with Gasteiger partial charge in [-0.3, -0.25) is 0 Å². The number of nitrogens with zero attached hydrogens (tertiary/aromatic N) is 1. The van der Waals surface area contributed by atoms with Crippen LogP contribution < -0.4 is 10.5 Å². The second-order valence-corrected chi connectivity index (χ2v) is 5.29. The summed E-state index contributed by atoms with van der Waals surface area (Å²) in [6.07, 6.45) is 2.76. The van der Waals surface area contributed by atoms with Crippen molar-refractivity contribution in [2.45, 2.75) is 25.4 Å². The Balaban J connectivity index is 2.06. The number of hydrogen-bond donors (Lipinski definition) is 2. The van der Waals surface area contributed by atoms with Crippen LogP contribution in [0.25, 0.3) is 0 Å². The van der Waals surface area contributed by atoms with Gasteiger partial charge in [-0.15, -0.1) is 0 Å². The van der Waals surface area contributed by atoms with E-state index in [1.807, 2.05) is 37.3 Å². The summed E-state index contributed by atoms with van der Waals surface area (Å²) in [5, 5.41) is 10.5. The van der Waals surface area contributed by atoms with E-state index in [1.54, 1.807) is 19.4 Å². The molecule has 2 aromatic rings. The highest BCUT2D eigenvalue weighted by atomic mass is 16.5. The minimum Gasteiger partial charge on any atom is -0.497 e. The lowest BCUT2D eigenvalue weighted by Crippen LogP contribution is -2.30. The lowest BCUT2D eigenvalue weighted by molar-refractivity contribution is 0.0608. The molecule has 20 heavy (non-hydrogen) atoms. The van der Waals surface area contributed by atoms with Crippen LogP contribution >= 0.6 is 0 Å². The molecule has 0 aliphatic heterocycles. The molecule has 2 rings (SSSR count). The first-order chi connectivity index (χ1) is 9.48.